The van der Waals surface area contributed by atoms with E-state index in [1.165, 1.54) is 6.42 Å². The van der Waals surface area contributed by atoms with E-state index in [0.29, 0.717) is 35.4 Å². The Hall–Kier alpha value is -2.34. The Morgan fingerprint density at radius 3 is 2.32 bits per heavy atom. The van der Waals surface area contributed by atoms with E-state index in [2.05, 4.69) is 15.5 Å². The van der Waals surface area contributed by atoms with Gasteiger partial charge in [-0.05, 0) is 68.6 Å². The van der Waals surface area contributed by atoms with Crippen molar-refractivity contribution in [2.24, 2.45) is 11.8 Å². The number of hydrogen-bond donors (Lipinski definition) is 2. The Balaban J connectivity index is 1.22. The van der Waals surface area contributed by atoms with Gasteiger partial charge in [-0.1, -0.05) is 23.7 Å². The van der Waals surface area contributed by atoms with Crippen molar-refractivity contribution < 1.29 is 4.79 Å². The molecule has 6 nitrogen and oxygen atoms in total. The largest absolute Gasteiger partial charge is 0.380 e. The van der Waals surface area contributed by atoms with Crippen LogP contribution in [0.2, 0.25) is 5.02 Å². The molecule has 0 spiro atoms. The number of piperidine rings is 1. The number of rotatable bonds is 7. The van der Waals surface area contributed by atoms with E-state index >= 15 is 0 Å². The topological polar surface area (TPSA) is 78.5 Å². The third-order valence-corrected chi connectivity index (χ3v) is 6.97. The Bertz CT molecular complexity index is 967. The van der Waals surface area contributed by atoms with Crippen LogP contribution in [-0.2, 0) is 11.3 Å². The molecule has 0 bridgehead atoms. The maximum atomic E-state index is 12.5. The maximum Gasteiger partial charge on any atom is 0.253 e. The molecule has 0 radical (unpaired) electrons. The van der Waals surface area contributed by atoms with E-state index in [1.54, 1.807) is 0 Å². The first-order valence-corrected chi connectivity index (χ1v) is 11.7. The molecule has 2 fully saturated rings. The van der Waals surface area contributed by atoms with Gasteiger partial charge in [0.25, 0.3) is 10.9 Å². The average molecular weight is 444 g/mol. The number of amides is 1. The van der Waals surface area contributed by atoms with E-state index < -0.39 is 0 Å². The number of nitrogens with zero attached hydrogens (tertiary/aromatic N) is 1. The van der Waals surface area contributed by atoms with Gasteiger partial charge >= 0.3 is 0 Å². The molecular weight excluding hydrogens is 414 g/mol. The fourth-order valence-corrected chi connectivity index (χ4v) is 4.90. The standard InChI is InChI=1S/C24H30ClN3O3/c25-19-10-6-17(7-11-19)15-27-24(31)18-8-4-16(5-9-18)14-26-20-21(23(30)22(20)29)28-12-2-1-3-13-28/h6-7,10-11,16,18,26H,1-5,8-9,12-15H2,(H,27,31). The zero-order valence-electron chi connectivity index (χ0n) is 17.8. The molecule has 31 heavy (non-hydrogen) atoms. The lowest BCUT2D eigenvalue weighted by atomic mass is 9.81. The van der Waals surface area contributed by atoms with E-state index in [0.717, 1.165) is 57.2 Å². The van der Waals surface area contributed by atoms with Gasteiger partial charge in [0.05, 0.1) is 0 Å². The van der Waals surface area contributed by atoms with Crippen LogP contribution in [0.15, 0.2) is 33.9 Å². The summed E-state index contributed by atoms with van der Waals surface area (Å²) in [5, 5.41) is 6.99. The lowest BCUT2D eigenvalue weighted by Crippen LogP contribution is -2.45. The molecule has 7 heteroatoms. The van der Waals surface area contributed by atoms with Crippen LogP contribution >= 0.6 is 11.6 Å². The summed E-state index contributed by atoms with van der Waals surface area (Å²) in [6, 6.07) is 7.50. The summed E-state index contributed by atoms with van der Waals surface area (Å²) in [4.78, 5) is 38.7. The summed E-state index contributed by atoms with van der Waals surface area (Å²) in [5.41, 5.74) is 1.42. The Kier molecular flexibility index (Phi) is 6.96. The number of carbonyl (C=O) groups is 1. The van der Waals surface area contributed by atoms with E-state index in [1.807, 2.05) is 24.3 Å². The normalized spacial score (nSPS) is 21.8. The molecular formula is C24H30ClN3O3. The quantitative estimate of drug-likeness (QED) is 0.641. The van der Waals surface area contributed by atoms with E-state index in [4.69, 9.17) is 11.6 Å². The van der Waals surface area contributed by atoms with Gasteiger partial charge in [0.1, 0.15) is 11.4 Å². The van der Waals surface area contributed by atoms with Crippen molar-refractivity contribution in [3.05, 3.63) is 55.3 Å². The van der Waals surface area contributed by atoms with Gasteiger partial charge in [0.15, 0.2) is 0 Å². The zero-order valence-corrected chi connectivity index (χ0v) is 18.5. The number of hydrogen-bond acceptors (Lipinski definition) is 5. The van der Waals surface area contributed by atoms with Crippen LogP contribution in [0.5, 0.6) is 0 Å². The molecule has 0 atom stereocenters. The molecule has 1 amide bonds. The summed E-state index contributed by atoms with van der Waals surface area (Å²) in [5.74, 6) is 0.564. The summed E-state index contributed by atoms with van der Waals surface area (Å²) >= 11 is 5.90. The van der Waals surface area contributed by atoms with Crippen molar-refractivity contribution in [2.75, 3.05) is 29.9 Å². The Morgan fingerprint density at radius 2 is 1.65 bits per heavy atom. The van der Waals surface area contributed by atoms with Crippen molar-refractivity contribution in [3.8, 4) is 0 Å². The molecule has 0 aromatic heterocycles. The summed E-state index contributed by atoms with van der Waals surface area (Å²) in [6.45, 7) is 2.91. The lowest BCUT2D eigenvalue weighted by molar-refractivity contribution is -0.126. The molecule has 4 rings (SSSR count). The van der Waals surface area contributed by atoms with E-state index in [-0.39, 0.29) is 22.7 Å². The molecule has 1 aliphatic heterocycles. The summed E-state index contributed by atoms with van der Waals surface area (Å²) < 4.78 is 0. The van der Waals surface area contributed by atoms with Gasteiger partial charge in [0.2, 0.25) is 5.91 Å². The molecule has 0 unspecified atom stereocenters. The Morgan fingerprint density at radius 1 is 0.968 bits per heavy atom. The third kappa shape index (κ3) is 5.12. The second-order valence-corrected chi connectivity index (χ2v) is 9.31. The van der Waals surface area contributed by atoms with Crippen LogP contribution in [0.4, 0.5) is 11.4 Å². The molecule has 1 heterocycles. The molecule has 2 aliphatic rings. The van der Waals surface area contributed by atoms with Crippen LogP contribution in [0.25, 0.3) is 0 Å². The van der Waals surface area contributed by atoms with Crippen molar-refractivity contribution >= 4 is 28.9 Å². The van der Waals surface area contributed by atoms with Crippen LogP contribution in [0, 0.1) is 11.8 Å². The zero-order chi connectivity index (χ0) is 21.8. The van der Waals surface area contributed by atoms with Gasteiger partial charge in [-0.3, -0.25) is 14.4 Å². The molecule has 1 aliphatic carbocycles. The van der Waals surface area contributed by atoms with E-state index in [9.17, 15) is 14.4 Å². The lowest BCUT2D eigenvalue weighted by Gasteiger charge is -2.32. The highest BCUT2D eigenvalue weighted by Gasteiger charge is 2.29. The fraction of sp³-hybridized carbons (Fsp3) is 0.542. The van der Waals surface area contributed by atoms with Crippen molar-refractivity contribution in [3.63, 3.8) is 0 Å². The van der Waals surface area contributed by atoms with Gasteiger partial charge in [-0.25, -0.2) is 0 Å². The second-order valence-electron chi connectivity index (χ2n) is 8.87. The highest BCUT2D eigenvalue weighted by atomic mass is 35.5. The van der Waals surface area contributed by atoms with Crippen LogP contribution in [-0.4, -0.2) is 25.5 Å². The number of benzene rings is 1. The minimum absolute atomic E-state index is 0.0404. The first-order chi connectivity index (χ1) is 15.0. The van der Waals surface area contributed by atoms with Gasteiger partial charge in [-0.15, -0.1) is 0 Å². The summed E-state index contributed by atoms with van der Waals surface area (Å²) in [7, 11) is 0. The van der Waals surface area contributed by atoms with Crippen molar-refractivity contribution in [1.29, 1.82) is 0 Å². The van der Waals surface area contributed by atoms with Crippen LogP contribution in [0.1, 0.15) is 50.5 Å². The molecule has 1 saturated carbocycles. The third-order valence-electron chi connectivity index (χ3n) is 6.72. The van der Waals surface area contributed by atoms with Crippen LogP contribution < -0.4 is 26.4 Å². The van der Waals surface area contributed by atoms with Crippen molar-refractivity contribution in [2.45, 2.75) is 51.5 Å². The number of carbonyl (C=O) groups excluding carboxylic acids is 1. The average Bonchev–Trinajstić information content (AvgIpc) is 2.81. The molecule has 166 valence electrons. The number of anilines is 2. The van der Waals surface area contributed by atoms with Gasteiger partial charge in [0, 0.05) is 37.1 Å². The first-order valence-electron chi connectivity index (χ1n) is 11.4. The SMILES string of the molecule is O=C(NCc1ccc(Cl)cc1)C1CCC(CNc2c(N3CCCCC3)c(=O)c2=O)CC1. The predicted molar refractivity (Wildman–Crippen MR) is 125 cm³/mol. The van der Waals surface area contributed by atoms with Gasteiger partial charge < -0.3 is 15.5 Å². The first kappa shape index (κ1) is 21.9. The number of halogens is 1. The second kappa shape index (κ2) is 9.86. The maximum absolute atomic E-state index is 12.5. The van der Waals surface area contributed by atoms with Crippen LogP contribution in [0.3, 0.4) is 0 Å². The highest BCUT2D eigenvalue weighted by Crippen LogP contribution is 2.30. The molecule has 1 saturated heterocycles. The Labute approximate surface area is 187 Å². The fourth-order valence-electron chi connectivity index (χ4n) is 4.77. The molecule has 2 aromatic rings. The number of nitrogens with one attached hydrogen (secondary N) is 2. The minimum atomic E-state index is -0.379. The van der Waals surface area contributed by atoms with Crippen molar-refractivity contribution in [1.82, 2.24) is 5.32 Å². The molecule has 2 N–H and O–H groups in total. The minimum Gasteiger partial charge on any atom is -0.380 e. The summed E-state index contributed by atoms with van der Waals surface area (Å²) in [6.07, 6.45) is 6.92. The highest BCUT2D eigenvalue weighted by molar-refractivity contribution is 6.30. The van der Waals surface area contributed by atoms with Gasteiger partial charge in [-0.2, -0.15) is 0 Å². The predicted octanol–water partition coefficient (Wildman–Crippen LogP) is 3.46. The molecule has 2 aromatic carbocycles. The monoisotopic (exact) mass is 443 g/mol. The smallest absolute Gasteiger partial charge is 0.253 e.